The van der Waals surface area contributed by atoms with E-state index >= 15 is 0 Å². The SMILES string of the molecule is CN(C)C(=S)Nc1ccc(O)c(C(=O)O)c1. The Balaban J connectivity index is 2.95. The third-order valence-electron chi connectivity index (χ3n) is 1.88. The molecular formula is C10H12N2O3S. The van der Waals surface area contributed by atoms with Crippen molar-refractivity contribution in [1.29, 1.82) is 0 Å². The summed E-state index contributed by atoms with van der Waals surface area (Å²) >= 11 is 5.01. The molecule has 1 rings (SSSR count). The lowest BCUT2D eigenvalue weighted by Gasteiger charge is -2.15. The van der Waals surface area contributed by atoms with Gasteiger partial charge in [-0.1, -0.05) is 0 Å². The first kappa shape index (κ1) is 12.3. The summed E-state index contributed by atoms with van der Waals surface area (Å²) in [5.41, 5.74) is 0.362. The molecular weight excluding hydrogens is 228 g/mol. The van der Waals surface area contributed by atoms with Crippen LogP contribution in [0.15, 0.2) is 18.2 Å². The predicted octanol–water partition coefficient (Wildman–Crippen LogP) is 1.35. The summed E-state index contributed by atoms with van der Waals surface area (Å²) in [5, 5.41) is 21.4. The zero-order valence-electron chi connectivity index (χ0n) is 8.89. The van der Waals surface area contributed by atoms with Crippen molar-refractivity contribution in [2.45, 2.75) is 0 Å². The number of carbonyl (C=O) groups is 1. The number of rotatable bonds is 2. The third kappa shape index (κ3) is 2.83. The Labute approximate surface area is 98.3 Å². The number of thiocarbonyl (C=S) groups is 1. The van der Waals surface area contributed by atoms with Crippen molar-refractivity contribution in [2.24, 2.45) is 0 Å². The maximum atomic E-state index is 10.8. The van der Waals surface area contributed by atoms with Gasteiger partial charge in [-0.3, -0.25) is 0 Å². The van der Waals surface area contributed by atoms with Crippen LogP contribution < -0.4 is 5.32 Å². The van der Waals surface area contributed by atoms with E-state index in [0.29, 0.717) is 10.8 Å². The molecule has 0 spiro atoms. The first-order chi connectivity index (χ1) is 7.41. The fraction of sp³-hybridized carbons (Fsp3) is 0.200. The number of nitrogens with one attached hydrogen (secondary N) is 1. The smallest absolute Gasteiger partial charge is 0.339 e. The van der Waals surface area contributed by atoms with Gasteiger partial charge in [0.05, 0.1) is 0 Å². The number of carboxylic acid groups (broad SMARTS) is 1. The quantitative estimate of drug-likeness (QED) is 0.535. The number of hydrogen-bond acceptors (Lipinski definition) is 3. The summed E-state index contributed by atoms with van der Waals surface area (Å²) in [6.45, 7) is 0. The van der Waals surface area contributed by atoms with Crippen LogP contribution in [0.25, 0.3) is 0 Å². The molecule has 0 radical (unpaired) electrons. The van der Waals surface area contributed by atoms with Crippen LogP contribution in [0, 0.1) is 0 Å². The Hall–Kier alpha value is -1.82. The lowest BCUT2D eigenvalue weighted by molar-refractivity contribution is 0.0694. The van der Waals surface area contributed by atoms with Gasteiger partial charge < -0.3 is 20.4 Å². The molecule has 5 nitrogen and oxygen atoms in total. The molecule has 0 aliphatic heterocycles. The largest absolute Gasteiger partial charge is 0.507 e. The molecule has 0 saturated carbocycles. The number of benzene rings is 1. The van der Waals surface area contributed by atoms with Gasteiger partial charge in [0.2, 0.25) is 0 Å². The van der Waals surface area contributed by atoms with Gasteiger partial charge in [-0.05, 0) is 30.4 Å². The molecule has 1 aromatic rings. The van der Waals surface area contributed by atoms with E-state index in [-0.39, 0.29) is 11.3 Å². The number of phenols is 1. The minimum Gasteiger partial charge on any atom is -0.507 e. The highest BCUT2D eigenvalue weighted by Gasteiger charge is 2.10. The second kappa shape index (κ2) is 4.80. The normalized spacial score (nSPS) is 9.62. The van der Waals surface area contributed by atoms with Gasteiger partial charge in [0.25, 0.3) is 0 Å². The molecule has 0 atom stereocenters. The number of carboxylic acids is 1. The minimum absolute atomic E-state index is 0.161. The number of aromatic carboxylic acids is 1. The van der Waals surface area contributed by atoms with Crippen molar-refractivity contribution in [3.05, 3.63) is 23.8 Å². The molecule has 0 aromatic heterocycles. The topological polar surface area (TPSA) is 72.8 Å². The lowest BCUT2D eigenvalue weighted by atomic mass is 10.2. The van der Waals surface area contributed by atoms with Crippen LogP contribution in [0.5, 0.6) is 5.75 Å². The number of aromatic hydroxyl groups is 1. The van der Waals surface area contributed by atoms with Gasteiger partial charge in [0.15, 0.2) is 5.11 Å². The van der Waals surface area contributed by atoms with Gasteiger partial charge in [-0.15, -0.1) is 0 Å². The van der Waals surface area contributed by atoms with Crippen LogP contribution >= 0.6 is 12.2 Å². The highest BCUT2D eigenvalue weighted by molar-refractivity contribution is 7.80. The summed E-state index contributed by atoms with van der Waals surface area (Å²) < 4.78 is 0. The molecule has 0 unspecified atom stereocenters. The Bertz CT molecular complexity index is 432. The molecule has 0 aliphatic rings. The van der Waals surface area contributed by atoms with Crippen LogP contribution in [0.1, 0.15) is 10.4 Å². The summed E-state index contributed by atoms with van der Waals surface area (Å²) in [4.78, 5) is 12.4. The van der Waals surface area contributed by atoms with E-state index in [4.69, 9.17) is 17.3 Å². The van der Waals surface area contributed by atoms with Crippen LogP contribution in [-0.4, -0.2) is 40.3 Å². The van der Waals surface area contributed by atoms with Crippen molar-refractivity contribution >= 4 is 29.0 Å². The van der Waals surface area contributed by atoms with Crippen LogP contribution in [-0.2, 0) is 0 Å². The summed E-state index contributed by atoms with van der Waals surface area (Å²) in [6, 6.07) is 4.19. The molecule has 0 bridgehead atoms. The molecule has 0 heterocycles. The fourth-order valence-corrected chi connectivity index (χ4v) is 1.14. The van der Waals surface area contributed by atoms with Gasteiger partial charge in [-0.25, -0.2) is 4.79 Å². The van der Waals surface area contributed by atoms with E-state index in [1.807, 2.05) is 0 Å². The third-order valence-corrected chi connectivity index (χ3v) is 2.35. The number of anilines is 1. The standard InChI is InChI=1S/C10H12N2O3S/c1-12(2)10(16)11-6-3-4-8(13)7(5-6)9(14)15/h3-5,13H,1-2H3,(H,11,16)(H,14,15). The van der Waals surface area contributed by atoms with Crippen molar-refractivity contribution in [1.82, 2.24) is 4.90 Å². The predicted molar refractivity (Wildman–Crippen MR) is 65.0 cm³/mol. The first-order valence-electron chi connectivity index (χ1n) is 4.46. The Morgan fingerprint density at radius 2 is 2.06 bits per heavy atom. The molecule has 0 amide bonds. The molecule has 1 aromatic carbocycles. The van der Waals surface area contributed by atoms with Crippen LogP contribution in [0.3, 0.4) is 0 Å². The van der Waals surface area contributed by atoms with Crippen molar-refractivity contribution < 1.29 is 15.0 Å². The second-order valence-corrected chi connectivity index (χ2v) is 3.75. The molecule has 16 heavy (non-hydrogen) atoms. The van der Waals surface area contributed by atoms with Gasteiger partial charge in [-0.2, -0.15) is 0 Å². The molecule has 0 fully saturated rings. The average molecular weight is 240 g/mol. The van der Waals surface area contributed by atoms with Crippen LogP contribution in [0.2, 0.25) is 0 Å². The molecule has 6 heteroatoms. The number of hydrogen-bond donors (Lipinski definition) is 3. The van der Waals surface area contributed by atoms with Crippen molar-refractivity contribution in [3.8, 4) is 5.75 Å². The molecule has 0 saturated heterocycles. The van der Waals surface area contributed by atoms with Gasteiger partial charge in [0, 0.05) is 19.8 Å². The number of nitrogens with zero attached hydrogens (tertiary/aromatic N) is 1. The minimum atomic E-state index is -1.18. The average Bonchev–Trinajstić information content (AvgIpc) is 2.20. The Morgan fingerprint density at radius 3 is 2.56 bits per heavy atom. The highest BCUT2D eigenvalue weighted by Crippen LogP contribution is 2.21. The zero-order chi connectivity index (χ0) is 12.3. The molecule has 86 valence electrons. The molecule has 3 N–H and O–H groups in total. The first-order valence-corrected chi connectivity index (χ1v) is 4.87. The Kier molecular flexibility index (Phi) is 3.68. The second-order valence-electron chi connectivity index (χ2n) is 3.36. The monoisotopic (exact) mass is 240 g/mol. The zero-order valence-corrected chi connectivity index (χ0v) is 9.71. The van der Waals surface area contributed by atoms with E-state index < -0.39 is 5.97 Å². The summed E-state index contributed by atoms with van der Waals surface area (Å²) in [5.74, 6) is -1.45. The molecule has 0 aliphatic carbocycles. The van der Waals surface area contributed by atoms with E-state index in [2.05, 4.69) is 5.32 Å². The van der Waals surface area contributed by atoms with E-state index in [0.717, 1.165) is 0 Å². The summed E-state index contributed by atoms with van der Waals surface area (Å²) in [7, 11) is 3.54. The van der Waals surface area contributed by atoms with Crippen LogP contribution in [0.4, 0.5) is 5.69 Å². The lowest BCUT2D eigenvalue weighted by Crippen LogP contribution is -2.27. The maximum absolute atomic E-state index is 10.8. The van der Waals surface area contributed by atoms with E-state index in [1.54, 1.807) is 25.1 Å². The highest BCUT2D eigenvalue weighted by atomic mass is 32.1. The van der Waals surface area contributed by atoms with E-state index in [9.17, 15) is 9.90 Å². The van der Waals surface area contributed by atoms with Crippen molar-refractivity contribution in [3.63, 3.8) is 0 Å². The van der Waals surface area contributed by atoms with E-state index in [1.165, 1.54) is 12.1 Å². The fourth-order valence-electron chi connectivity index (χ4n) is 1.02. The van der Waals surface area contributed by atoms with Gasteiger partial charge in [0.1, 0.15) is 11.3 Å². The van der Waals surface area contributed by atoms with Crippen molar-refractivity contribution in [2.75, 3.05) is 19.4 Å². The maximum Gasteiger partial charge on any atom is 0.339 e. The summed E-state index contributed by atoms with van der Waals surface area (Å²) in [6.07, 6.45) is 0. The Morgan fingerprint density at radius 1 is 1.44 bits per heavy atom. The van der Waals surface area contributed by atoms with Gasteiger partial charge >= 0.3 is 5.97 Å².